The van der Waals surface area contributed by atoms with E-state index in [4.69, 9.17) is 0 Å². The van der Waals surface area contributed by atoms with E-state index in [0.29, 0.717) is 12.1 Å². The first kappa shape index (κ1) is 7.07. The Balaban J connectivity index is 1.93. The summed E-state index contributed by atoms with van der Waals surface area (Å²) in [6.45, 7) is 0. The molecule has 1 fully saturated rings. The van der Waals surface area contributed by atoms with Crippen LogP contribution in [0.15, 0.2) is 10.3 Å². The zero-order valence-corrected chi connectivity index (χ0v) is 6.79. The lowest BCUT2D eigenvalue weighted by atomic mass is 9.94. The van der Waals surface area contributed by atoms with Gasteiger partial charge in [0.15, 0.2) is 0 Å². The van der Waals surface area contributed by atoms with Crippen molar-refractivity contribution < 1.29 is 0 Å². The third-order valence-corrected chi connectivity index (χ3v) is 2.66. The number of fused-ring (bicyclic) bond motifs is 1. The Morgan fingerprint density at radius 2 is 1.82 bits per heavy atom. The number of rotatable bonds is 0. The standard InChI is InChI=1S/C8H15N3/c1-2-4-6-8-7(5-3-1)9-11-10-8/h7-8H,1-6H2,(H,9,10). The van der Waals surface area contributed by atoms with E-state index in [-0.39, 0.29) is 0 Å². The van der Waals surface area contributed by atoms with Gasteiger partial charge >= 0.3 is 0 Å². The number of hydrogen-bond donors (Lipinski definition) is 1. The van der Waals surface area contributed by atoms with Crippen molar-refractivity contribution >= 4 is 0 Å². The summed E-state index contributed by atoms with van der Waals surface area (Å²) >= 11 is 0. The first-order valence-corrected chi connectivity index (χ1v) is 4.62. The zero-order valence-electron chi connectivity index (χ0n) is 6.79. The molecule has 0 saturated heterocycles. The van der Waals surface area contributed by atoms with Gasteiger partial charge in [-0.2, -0.15) is 5.11 Å². The molecule has 2 rings (SSSR count). The predicted molar refractivity (Wildman–Crippen MR) is 43.3 cm³/mol. The minimum absolute atomic E-state index is 0.496. The molecule has 3 nitrogen and oxygen atoms in total. The Bertz CT molecular complexity index is 155. The van der Waals surface area contributed by atoms with Gasteiger partial charge in [0.1, 0.15) is 0 Å². The molecule has 1 N–H and O–H groups in total. The summed E-state index contributed by atoms with van der Waals surface area (Å²) < 4.78 is 0. The topological polar surface area (TPSA) is 36.8 Å². The van der Waals surface area contributed by atoms with Crippen LogP contribution in [-0.4, -0.2) is 12.1 Å². The molecule has 0 bridgehead atoms. The SMILES string of the molecule is C1CCCC2NN=NC2CC1. The van der Waals surface area contributed by atoms with Crippen molar-refractivity contribution in [1.29, 1.82) is 0 Å². The van der Waals surface area contributed by atoms with Gasteiger partial charge < -0.3 is 0 Å². The predicted octanol–water partition coefficient (Wildman–Crippen LogP) is 2.05. The normalized spacial score (nSPS) is 37.1. The highest BCUT2D eigenvalue weighted by molar-refractivity contribution is 4.84. The number of nitrogens with zero attached hydrogens (tertiary/aromatic N) is 2. The summed E-state index contributed by atoms with van der Waals surface area (Å²) in [5.41, 5.74) is 3.08. The molecule has 0 aromatic rings. The Morgan fingerprint density at radius 3 is 2.73 bits per heavy atom. The van der Waals surface area contributed by atoms with Crippen LogP contribution in [0.4, 0.5) is 0 Å². The summed E-state index contributed by atoms with van der Waals surface area (Å²) in [4.78, 5) is 0. The summed E-state index contributed by atoms with van der Waals surface area (Å²) in [5, 5.41) is 8.06. The lowest BCUT2D eigenvalue weighted by molar-refractivity contribution is 0.396. The van der Waals surface area contributed by atoms with Crippen LogP contribution in [0.1, 0.15) is 38.5 Å². The molecule has 0 spiro atoms. The maximum absolute atomic E-state index is 4.17. The van der Waals surface area contributed by atoms with Crippen LogP contribution < -0.4 is 5.43 Å². The second-order valence-electron chi connectivity index (χ2n) is 3.51. The molecular formula is C8H15N3. The molecule has 1 saturated carbocycles. The van der Waals surface area contributed by atoms with Gasteiger partial charge in [0.2, 0.25) is 0 Å². The van der Waals surface area contributed by atoms with Gasteiger partial charge in [-0.25, -0.2) is 0 Å². The van der Waals surface area contributed by atoms with Gasteiger partial charge in [0.05, 0.1) is 12.1 Å². The van der Waals surface area contributed by atoms with Crippen molar-refractivity contribution in [2.75, 3.05) is 0 Å². The average Bonchev–Trinajstić information content (AvgIpc) is 2.35. The highest BCUT2D eigenvalue weighted by Crippen LogP contribution is 2.22. The number of hydrogen-bond acceptors (Lipinski definition) is 3. The second-order valence-corrected chi connectivity index (χ2v) is 3.51. The van der Waals surface area contributed by atoms with Crippen LogP contribution in [0, 0.1) is 0 Å². The second kappa shape index (κ2) is 3.20. The van der Waals surface area contributed by atoms with Crippen LogP contribution in [-0.2, 0) is 0 Å². The molecule has 0 radical (unpaired) electrons. The largest absolute Gasteiger partial charge is 0.286 e. The monoisotopic (exact) mass is 153 g/mol. The number of nitrogens with one attached hydrogen (secondary N) is 1. The molecule has 2 aliphatic rings. The first-order valence-electron chi connectivity index (χ1n) is 4.62. The maximum atomic E-state index is 4.17. The highest BCUT2D eigenvalue weighted by atomic mass is 15.5. The molecule has 2 unspecified atom stereocenters. The van der Waals surface area contributed by atoms with E-state index >= 15 is 0 Å². The van der Waals surface area contributed by atoms with Gasteiger partial charge in [-0.3, -0.25) is 5.43 Å². The molecule has 62 valence electrons. The Hall–Kier alpha value is -0.600. The fourth-order valence-corrected chi connectivity index (χ4v) is 1.94. The van der Waals surface area contributed by atoms with Crippen LogP contribution in [0.5, 0.6) is 0 Å². The zero-order chi connectivity index (χ0) is 7.52. The van der Waals surface area contributed by atoms with Crippen LogP contribution in [0.3, 0.4) is 0 Å². The molecule has 1 aliphatic carbocycles. The van der Waals surface area contributed by atoms with Crippen LogP contribution >= 0.6 is 0 Å². The first-order chi connectivity index (χ1) is 5.47. The maximum Gasteiger partial charge on any atom is 0.0947 e. The minimum atomic E-state index is 0.496. The van der Waals surface area contributed by atoms with E-state index in [1.54, 1.807) is 0 Å². The van der Waals surface area contributed by atoms with E-state index in [2.05, 4.69) is 15.8 Å². The summed E-state index contributed by atoms with van der Waals surface area (Å²) in [6, 6.07) is 1.06. The van der Waals surface area contributed by atoms with Gasteiger partial charge in [0, 0.05) is 0 Å². The molecule has 0 aromatic carbocycles. The lowest BCUT2D eigenvalue weighted by Crippen LogP contribution is -2.31. The van der Waals surface area contributed by atoms with E-state index in [0.717, 1.165) is 0 Å². The molecule has 2 atom stereocenters. The third kappa shape index (κ3) is 1.52. The van der Waals surface area contributed by atoms with Crippen molar-refractivity contribution in [3.63, 3.8) is 0 Å². The fourth-order valence-electron chi connectivity index (χ4n) is 1.94. The highest BCUT2D eigenvalue weighted by Gasteiger charge is 2.25. The molecule has 11 heavy (non-hydrogen) atoms. The van der Waals surface area contributed by atoms with Crippen molar-refractivity contribution in [1.82, 2.24) is 5.43 Å². The molecule has 1 aliphatic heterocycles. The molecule has 0 amide bonds. The summed E-state index contributed by atoms with van der Waals surface area (Å²) in [7, 11) is 0. The molecular weight excluding hydrogens is 138 g/mol. The van der Waals surface area contributed by atoms with Gasteiger partial charge in [-0.1, -0.05) is 30.9 Å². The van der Waals surface area contributed by atoms with Crippen molar-refractivity contribution in [3.8, 4) is 0 Å². The van der Waals surface area contributed by atoms with Crippen LogP contribution in [0.2, 0.25) is 0 Å². The molecule has 3 heteroatoms. The smallest absolute Gasteiger partial charge is 0.0947 e. The van der Waals surface area contributed by atoms with Crippen LogP contribution in [0.25, 0.3) is 0 Å². The Morgan fingerprint density at radius 1 is 1.00 bits per heavy atom. The quantitative estimate of drug-likeness (QED) is 0.568. The van der Waals surface area contributed by atoms with E-state index < -0.39 is 0 Å². The average molecular weight is 153 g/mol. The Kier molecular flexibility index (Phi) is 2.06. The van der Waals surface area contributed by atoms with Crippen molar-refractivity contribution in [2.24, 2.45) is 10.3 Å². The van der Waals surface area contributed by atoms with Crippen molar-refractivity contribution in [3.05, 3.63) is 0 Å². The molecule has 0 aromatic heterocycles. The van der Waals surface area contributed by atoms with Crippen molar-refractivity contribution in [2.45, 2.75) is 50.6 Å². The van der Waals surface area contributed by atoms with Gasteiger partial charge in [-0.15, -0.1) is 0 Å². The minimum Gasteiger partial charge on any atom is -0.286 e. The van der Waals surface area contributed by atoms with E-state index in [9.17, 15) is 0 Å². The van der Waals surface area contributed by atoms with Gasteiger partial charge in [0.25, 0.3) is 0 Å². The fraction of sp³-hybridized carbons (Fsp3) is 1.00. The van der Waals surface area contributed by atoms with E-state index in [1.807, 2.05) is 0 Å². The summed E-state index contributed by atoms with van der Waals surface area (Å²) in [5.74, 6) is 0. The van der Waals surface area contributed by atoms with Gasteiger partial charge in [-0.05, 0) is 12.8 Å². The molecule has 1 heterocycles. The third-order valence-electron chi connectivity index (χ3n) is 2.66. The lowest BCUT2D eigenvalue weighted by Gasteiger charge is -2.18. The Labute approximate surface area is 67.2 Å². The van der Waals surface area contributed by atoms with E-state index in [1.165, 1.54) is 38.5 Å². The summed E-state index contributed by atoms with van der Waals surface area (Å²) in [6.07, 6.45) is 7.96.